The fraction of sp³-hybridized carbons (Fsp3) is 0.417. The lowest BCUT2D eigenvalue weighted by Crippen LogP contribution is -2.34. The van der Waals surface area contributed by atoms with Gasteiger partial charge in [-0.15, -0.1) is 0 Å². The van der Waals surface area contributed by atoms with E-state index in [9.17, 15) is 4.79 Å². The van der Waals surface area contributed by atoms with E-state index in [0.717, 1.165) is 5.69 Å². The normalized spacial score (nSPS) is 11.6. The fourth-order valence-corrected chi connectivity index (χ4v) is 1.65. The van der Waals surface area contributed by atoms with Crippen molar-refractivity contribution in [2.24, 2.45) is 7.05 Å². The molecule has 6 heteroatoms. The van der Waals surface area contributed by atoms with Gasteiger partial charge in [0.1, 0.15) is 0 Å². The van der Waals surface area contributed by atoms with Gasteiger partial charge < -0.3 is 9.88 Å². The Balaban J connectivity index is 2.38. The lowest BCUT2D eigenvalue weighted by atomic mass is 10.1. The summed E-state index contributed by atoms with van der Waals surface area (Å²) in [5.41, 5.74) is 0.327. The molecule has 0 bridgehead atoms. The van der Waals surface area contributed by atoms with Crippen LogP contribution in [0.25, 0.3) is 0 Å². The Morgan fingerprint density at radius 1 is 1.33 bits per heavy atom. The average molecular weight is 247 g/mol. The van der Waals surface area contributed by atoms with Gasteiger partial charge >= 0.3 is 0 Å². The quantitative estimate of drug-likeness (QED) is 0.873. The number of nitrogens with zero attached hydrogens (tertiary/aromatic N) is 4. The Morgan fingerprint density at radius 2 is 2.06 bits per heavy atom. The van der Waals surface area contributed by atoms with E-state index in [4.69, 9.17) is 0 Å². The molecule has 2 heterocycles. The number of aryl methyl sites for hydroxylation is 1. The zero-order valence-corrected chi connectivity index (χ0v) is 11.0. The summed E-state index contributed by atoms with van der Waals surface area (Å²) >= 11 is 0. The largest absolute Gasteiger partial charge is 0.333 e. The first kappa shape index (κ1) is 12.3. The minimum atomic E-state index is -0.272. The van der Waals surface area contributed by atoms with Gasteiger partial charge in [0.2, 0.25) is 0 Å². The van der Waals surface area contributed by atoms with Crippen molar-refractivity contribution in [1.82, 2.24) is 19.3 Å². The van der Waals surface area contributed by atoms with Gasteiger partial charge in [0, 0.05) is 31.2 Å². The van der Waals surface area contributed by atoms with Gasteiger partial charge in [-0.05, 0) is 20.8 Å². The lowest BCUT2D eigenvalue weighted by molar-refractivity contribution is 0.383. The van der Waals surface area contributed by atoms with Crippen LogP contribution >= 0.6 is 0 Å². The zero-order valence-electron chi connectivity index (χ0n) is 11.0. The van der Waals surface area contributed by atoms with Crippen molar-refractivity contribution < 1.29 is 0 Å². The van der Waals surface area contributed by atoms with Gasteiger partial charge in [-0.1, -0.05) is 0 Å². The van der Waals surface area contributed by atoms with Crippen LogP contribution in [0.1, 0.15) is 20.8 Å². The number of hydrogen-bond acceptors (Lipinski definition) is 4. The summed E-state index contributed by atoms with van der Waals surface area (Å²) in [5, 5.41) is 7.01. The average Bonchev–Trinajstić information content (AvgIpc) is 2.65. The highest BCUT2D eigenvalue weighted by molar-refractivity contribution is 5.52. The molecule has 18 heavy (non-hydrogen) atoms. The summed E-state index contributed by atoms with van der Waals surface area (Å²) in [5.74, 6) is 0.306. The summed E-state index contributed by atoms with van der Waals surface area (Å²) in [6, 6.07) is 0. The molecule has 0 saturated heterocycles. The molecule has 0 radical (unpaired) electrons. The van der Waals surface area contributed by atoms with E-state index in [-0.39, 0.29) is 11.1 Å². The monoisotopic (exact) mass is 247 g/mol. The van der Waals surface area contributed by atoms with Gasteiger partial charge in [0.25, 0.3) is 5.56 Å². The van der Waals surface area contributed by atoms with Crippen LogP contribution in [-0.4, -0.2) is 19.3 Å². The molecule has 2 rings (SSSR count). The second kappa shape index (κ2) is 4.29. The molecule has 96 valence electrons. The van der Waals surface area contributed by atoms with E-state index < -0.39 is 0 Å². The van der Waals surface area contributed by atoms with E-state index in [2.05, 4.69) is 15.4 Å². The van der Waals surface area contributed by atoms with E-state index in [1.165, 1.54) is 0 Å². The van der Waals surface area contributed by atoms with Crippen LogP contribution in [0.3, 0.4) is 0 Å². The van der Waals surface area contributed by atoms with Crippen LogP contribution in [0.5, 0.6) is 0 Å². The molecule has 0 unspecified atom stereocenters. The molecule has 2 aromatic heterocycles. The number of hydrogen-bond donors (Lipinski definition) is 1. The van der Waals surface area contributed by atoms with E-state index in [0.29, 0.717) is 5.82 Å². The maximum absolute atomic E-state index is 12.2. The summed E-state index contributed by atoms with van der Waals surface area (Å²) in [6.45, 7) is 5.92. The Bertz CT molecular complexity index is 605. The van der Waals surface area contributed by atoms with Gasteiger partial charge in [-0.2, -0.15) is 5.10 Å². The van der Waals surface area contributed by atoms with Gasteiger partial charge in [0.15, 0.2) is 5.82 Å². The van der Waals surface area contributed by atoms with Gasteiger partial charge in [-0.25, -0.2) is 4.98 Å². The molecule has 0 amide bonds. The third kappa shape index (κ3) is 2.42. The van der Waals surface area contributed by atoms with Crippen molar-refractivity contribution >= 4 is 11.5 Å². The van der Waals surface area contributed by atoms with Crippen molar-refractivity contribution in [3.8, 4) is 0 Å². The van der Waals surface area contributed by atoms with E-state index in [1.807, 2.05) is 27.8 Å². The Kier molecular flexibility index (Phi) is 2.94. The van der Waals surface area contributed by atoms with Crippen molar-refractivity contribution in [2.75, 3.05) is 5.32 Å². The molecule has 0 aromatic carbocycles. The van der Waals surface area contributed by atoms with E-state index in [1.54, 1.807) is 34.0 Å². The van der Waals surface area contributed by atoms with Crippen molar-refractivity contribution in [3.63, 3.8) is 0 Å². The van der Waals surface area contributed by atoms with Crippen LogP contribution < -0.4 is 10.9 Å². The third-order valence-corrected chi connectivity index (χ3v) is 2.53. The Morgan fingerprint density at radius 3 is 2.61 bits per heavy atom. The third-order valence-electron chi connectivity index (χ3n) is 2.53. The van der Waals surface area contributed by atoms with Crippen molar-refractivity contribution in [2.45, 2.75) is 26.3 Å². The fourth-order valence-electron chi connectivity index (χ4n) is 1.65. The molecule has 6 nitrogen and oxygen atoms in total. The van der Waals surface area contributed by atoms with Crippen LogP contribution in [0.2, 0.25) is 0 Å². The van der Waals surface area contributed by atoms with Crippen molar-refractivity contribution in [3.05, 3.63) is 35.1 Å². The summed E-state index contributed by atoms with van der Waals surface area (Å²) in [6.07, 6.45) is 6.74. The number of rotatable bonds is 2. The molecule has 2 aromatic rings. The highest BCUT2D eigenvalue weighted by Gasteiger charge is 2.16. The number of nitrogens with one attached hydrogen (secondary N) is 1. The number of anilines is 2. The summed E-state index contributed by atoms with van der Waals surface area (Å²) < 4.78 is 3.31. The molecule has 0 aliphatic rings. The molecule has 1 N–H and O–H groups in total. The predicted octanol–water partition coefficient (Wildman–Crippen LogP) is 1.48. The van der Waals surface area contributed by atoms with Crippen LogP contribution in [0, 0.1) is 0 Å². The summed E-state index contributed by atoms with van der Waals surface area (Å²) in [4.78, 5) is 16.3. The van der Waals surface area contributed by atoms with Crippen molar-refractivity contribution in [1.29, 1.82) is 0 Å². The van der Waals surface area contributed by atoms with Gasteiger partial charge in [0.05, 0.1) is 11.9 Å². The molecule has 0 saturated carbocycles. The van der Waals surface area contributed by atoms with Crippen LogP contribution in [0.4, 0.5) is 11.5 Å². The molecule has 0 atom stereocenters. The smallest absolute Gasteiger partial charge is 0.294 e. The molecule has 0 aliphatic heterocycles. The molecule has 0 aliphatic carbocycles. The van der Waals surface area contributed by atoms with Crippen LogP contribution in [0.15, 0.2) is 29.6 Å². The first-order valence-corrected chi connectivity index (χ1v) is 5.72. The SMILES string of the molecule is Cn1cc(Nc2nccn(C(C)(C)C)c2=O)cn1. The Labute approximate surface area is 105 Å². The van der Waals surface area contributed by atoms with E-state index >= 15 is 0 Å². The van der Waals surface area contributed by atoms with Crippen LogP contribution in [-0.2, 0) is 12.6 Å². The first-order chi connectivity index (χ1) is 8.38. The molecular formula is C12H17N5O. The predicted molar refractivity (Wildman–Crippen MR) is 70.0 cm³/mol. The topological polar surface area (TPSA) is 64.7 Å². The molecule has 0 spiro atoms. The second-order valence-electron chi connectivity index (χ2n) is 5.15. The highest BCUT2D eigenvalue weighted by atomic mass is 16.1. The number of aromatic nitrogens is 4. The first-order valence-electron chi connectivity index (χ1n) is 5.72. The minimum absolute atomic E-state index is 0.145. The molecular weight excluding hydrogens is 230 g/mol. The maximum Gasteiger partial charge on any atom is 0.294 e. The highest BCUT2D eigenvalue weighted by Crippen LogP contribution is 2.13. The van der Waals surface area contributed by atoms with Gasteiger partial charge in [-0.3, -0.25) is 9.48 Å². The summed E-state index contributed by atoms with van der Waals surface area (Å²) in [7, 11) is 1.82. The Hall–Kier alpha value is -2.11. The zero-order chi connectivity index (χ0) is 13.3. The second-order valence-corrected chi connectivity index (χ2v) is 5.15. The minimum Gasteiger partial charge on any atom is -0.333 e. The standard InChI is InChI=1S/C12H17N5O/c1-12(2,3)17-6-5-13-10(11(17)18)15-9-7-14-16(4)8-9/h5-8H,1-4H3,(H,13,15). The molecule has 0 fully saturated rings. The lowest BCUT2D eigenvalue weighted by Gasteiger charge is -2.22. The maximum atomic E-state index is 12.2.